The van der Waals surface area contributed by atoms with Crippen LogP contribution in [0.25, 0.3) is 0 Å². The minimum Gasteiger partial charge on any atom is -0.360 e. The molecule has 1 fully saturated rings. The summed E-state index contributed by atoms with van der Waals surface area (Å²) in [6, 6.07) is 0. The molecule has 0 aromatic heterocycles. The molecule has 1 N–H and O–H groups in total. The van der Waals surface area contributed by atoms with E-state index in [0.717, 1.165) is 24.8 Å². The first-order valence-corrected chi connectivity index (χ1v) is 5.29. The Morgan fingerprint density at radius 1 is 1.46 bits per heavy atom. The molecule has 0 aromatic carbocycles. The molecule has 13 heavy (non-hydrogen) atoms. The summed E-state index contributed by atoms with van der Waals surface area (Å²) in [6.07, 6.45) is 2.53. The molecule has 0 spiro atoms. The molecule has 1 aliphatic heterocycles. The highest BCUT2D eigenvalue weighted by Gasteiger charge is 2.28. The molecule has 76 valence electrons. The summed E-state index contributed by atoms with van der Waals surface area (Å²) in [7, 11) is 0. The molecule has 1 aliphatic rings. The quantitative estimate of drug-likeness (QED) is 0.490. The van der Waals surface area contributed by atoms with Gasteiger partial charge in [-0.25, -0.2) is 0 Å². The lowest BCUT2D eigenvalue weighted by atomic mass is 9.94. The van der Waals surface area contributed by atoms with Crippen LogP contribution in [0.1, 0.15) is 40.5 Å². The number of nitrogens with zero attached hydrogens (tertiary/aromatic N) is 1. The van der Waals surface area contributed by atoms with Crippen LogP contribution in [0.15, 0.2) is 0 Å². The second-order valence-corrected chi connectivity index (χ2v) is 5.11. The van der Waals surface area contributed by atoms with E-state index in [4.69, 9.17) is 5.41 Å². The molecule has 0 aliphatic carbocycles. The number of hydrogen-bond acceptors (Lipinski definition) is 1. The van der Waals surface area contributed by atoms with Gasteiger partial charge < -0.3 is 4.90 Å². The van der Waals surface area contributed by atoms with Gasteiger partial charge in [-0.3, -0.25) is 5.41 Å². The third-order valence-corrected chi connectivity index (χ3v) is 2.89. The van der Waals surface area contributed by atoms with E-state index in [-0.39, 0.29) is 5.41 Å². The van der Waals surface area contributed by atoms with Gasteiger partial charge in [0.25, 0.3) is 0 Å². The lowest BCUT2D eigenvalue weighted by Gasteiger charge is -2.29. The van der Waals surface area contributed by atoms with E-state index in [1.165, 1.54) is 12.8 Å². The van der Waals surface area contributed by atoms with Crippen molar-refractivity contribution in [3.05, 3.63) is 0 Å². The van der Waals surface area contributed by atoms with Crippen LogP contribution in [-0.2, 0) is 0 Å². The molecule has 0 radical (unpaired) electrons. The maximum atomic E-state index is 8.03. The zero-order valence-corrected chi connectivity index (χ0v) is 9.35. The summed E-state index contributed by atoms with van der Waals surface area (Å²) < 4.78 is 0. The summed E-state index contributed by atoms with van der Waals surface area (Å²) >= 11 is 0. The van der Waals surface area contributed by atoms with Gasteiger partial charge in [0.2, 0.25) is 0 Å². The lowest BCUT2D eigenvalue weighted by molar-refractivity contribution is 0.409. The van der Waals surface area contributed by atoms with Crippen LogP contribution >= 0.6 is 0 Å². The Bertz CT molecular complexity index is 191. The largest absolute Gasteiger partial charge is 0.360 e. The van der Waals surface area contributed by atoms with Crippen LogP contribution in [0, 0.1) is 16.7 Å². The highest BCUT2D eigenvalue weighted by molar-refractivity contribution is 5.84. The normalized spacial score (nSPS) is 23.7. The topological polar surface area (TPSA) is 27.1 Å². The average molecular weight is 182 g/mol. The number of nitrogens with one attached hydrogen (secondary N) is 1. The third-order valence-electron chi connectivity index (χ3n) is 2.89. The zero-order chi connectivity index (χ0) is 10.1. The fraction of sp³-hybridized carbons (Fsp3) is 0.909. The Kier molecular flexibility index (Phi) is 2.99. The van der Waals surface area contributed by atoms with Crippen LogP contribution in [0.2, 0.25) is 0 Å². The molecule has 1 atom stereocenters. The molecule has 1 unspecified atom stereocenters. The molecule has 2 nitrogen and oxygen atoms in total. The van der Waals surface area contributed by atoms with Gasteiger partial charge in [0, 0.05) is 18.5 Å². The van der Waals surface area contributed by atoms with Gasteiger partial charge in [-0.1, -0.05) is 34.1 Å². The van der Waals surface area contributed by atoms with Crippen LogP contribution in [-0.4, -0.2) is 23.8 Å². The van der Waals surface area contributed by atoms with Crippen molar-refractivity contribution in [1.29, 1.82) is 5.41 Å². The highest BCUT2D eigenvalue weighted by Crippen LogP contribution is 2.25. The molecule has 0 bridgehead atoms. The molecule has 0 saturated carbocycles. The first-order valence-electron chi connectivity index (χ1n) is 5.29. The van der Waals surface area contributed by atoms with Gasteiger partial charge in [-0.15, -0.1) is 0 Å². The number of rotatable bonds is 1. The fourth-order valence-electron chi connectivity index (χ4n) is 1.84. The summed E-state index contributed by atoms with van der Waals surface area (Å²) in [5.74, 6) is 1.63. The molecular formula is C11H22N2. The van der Waals surface area contributed by atoms with Gasteiger partial charge >= 0.3 is 0 Å². The fourth-order valence-corrected chi connectivity index (χ4v) is 1.84. The van der Waals surface area contributed by atoms with E-state index in [9.17, 15) is 0 Å². The van der Waals surface area contributed by atoms with E-state index in [0.29, 0.717) is 0 Å². The van der Waals surface area contributed by atoms with Gasteiger partial charge in [-0.05, 0) is 12.3 Å². The Morgan fingerprint density at radius 3 is 2.46 bits per heavy atom. The Labute approximate surface area is 81.8 Å². The monoisotopic (exact) mass is 182 g/mol. The molecule has 1 heterocycles. The second kappa shape index (κ2) is 3.69. The van der Waals surface area contributed by atoms with Crippen molar-refractivity contribution in [1.82, 2.24) is 4.90 Å². The standard InChI is InChI=1S/C11H22N2/c1-5-9-6-7-13(8-9)10(12)11(2,3)4/h9,12H,5-8H2,1-4H3. The molecular weight excluding hydrogens is 160 g/mol. The third kappa shape index (κ3) is 2.45. The van der Waals surface area contributed by atoms with Crippen molar-refractivity contribution in [2.45, 2.75) is 40.5 Å². The summed E-state index contributed by atoms with van der Waals surface area (Å²) in [6.45, 7) is 10.8. The van der Waals surface area contributed by atoms with E-state index in [1.807, 2.05) is 0 Å². The predicted octanol–water partition coefficient (Wildman–Crippen LogP) is 2.74. The summed E-state index contributed by atoms with van der Waals surface area (Å²) in [4.78, 5) is 2.24. The van der Waals surface area contributed by atoms with Gasteiger partial charge in [-0.2, -0.15) is 0 Å². The molecule has 1 saturated heterocycles. The smallest absolute Gasteiger partial charge is 0.101 e. The van der Waals surface area contributed by atoms with E-state index >= 15 is 0 Å². The Morgan fingerprint density at radius 2 is 2.08 bits per heavy atom. The SMILES string of the molecule is CCC1CCN(C(=N)C(C)(C)C)C1. The number of likely N-dealkylation sites (tertiary alicyclic amines) is 1. The first-order chi connectivity index (χ1) is 5.95. The predicted molar refractivity (Wildman–Crippen MR) is 57.2 cm³/mol. The number of amidine groups is 1. The second-order valence-electron chi connectivity index (χ2n) is 5.11. The molecule has 1 rings (SSSR count). The Hall–Kier alpha value is -0.530. The van der Waals surface area contributed by atoms with Crippen LogP contribution < -0.4 is 0 Å². The van der Waals surface area contributed by atoms with Crippen molar-refractivity contribution in [2.24, 2.45) is 11.3 Å². The minimum absolute atomic E-state index is 0.0165. The molecule has 2 heteroatoms. The maximum Gasteiger partial charge on any atom is 0.101 e. The first kappa shape index (κ1) is 10.6. The summed E-state index contributed by atoms with van der Waals surface area (Å²) in [5, 5.41) is 8.03. The van der Waals surface area contributed by atoms with Crippen LogP contribution in [0.5, 0.6) is 0 Å². The van der Waals surface area contributed by atoms with E-state index < -0.39 is 0 Å². The Balaban J connectivity index is 2.52. The van der Waals surface area contributed by atoms with Gasteiger partial charge in [0.15, 0.2) is 0 Å². The highest BCUT2D eigenvalue weighted by atomic mass is 15.2. The van der Waals surface area contributed by atoms with Crippen LogP contribution in [0.4, 0.5) is 0 Å². The van der Waals surface area contributed by atoms with Crippen molar-refractivity contribution in [3.63, 3.8) is 0 Å². The van der Waals surface area contributed by atoms with Crippen molar-refractivity contribution in [3.8, 4) is 0 Å². The molecule has 0 aromatic rings. The zero-order valence-electron chi connectivity index (χ0n) is 9.35. The number of hydrogen-bond donors (Lipinski definition) is 1. The maximum absolute atomic E-state index is 8.03. The van der Waals surface area contributed by atoms with E-state index in [2.05, 4.69) is 32.6 Å². The van der Waals surface area contributed by atoms with E-state index in [1.54, 1.807) is 0 Å². The van der Waals surface area contributed by atoms with Crippen LogP contribution in [0.3, 0.4) is 0 Å². The molecule has 0 amide bonds. The lowest BCUT2D eigenvalue weighted by Crippen LogP contribution is -2.37. The van der Waals surface area contributed by atoms with Crippen molar-refractivity contribution in [2.75, 3.05) is 13.1 Å². The van der Waals surface area contributed by atoms with Crippen molar-refractivity contribution >= 4 is 5.84 Å². The summed E-state index contributed by atoms with van der Waals surface area (Å²) in [5.41, 5.74) is 0.0165. The van der Waals surface area contributed by atoms with Crippen molar-refractivity contribution < 1.29 is 0 Å². The van der Waals surface area contributed by atoms with Gasteiger partial charge in [0.1, 0.15) is 5.84 Å². The minimum atomic E-state index is 0.0165. The average Bonchev–Trinajstić information content (AvgIpc) is 2.48. The van der Waals surface area contributed by atoms with Gasteiger partial charge in [0.05, 0.1) is 0 Å².